The standard InChI is InChI=1S/C16H20O3/c1-9(2)10(3)8-13-14(17)11-6-4-5-7-12(11)15(18)16(13)19/h4-7,9-12,19H,8H2,1-3H3. The van der Waals surface area contributed by atoms with Crippen molar-refractivity contribution in [2.45, 2.75) is 27.2 Å². The van der Waals surface area contributed by atoms with Crippen molar-refractivity contribution in [3.8, 4) is 0 Å². The molecule has 0 bridgehead atoms. The maximum absolute atomic E-state index is 12.4. The molecule has 0 saturated heterocycles. The molecule has 3 heteroatoms. The lowest BCUT2D eigenvalue weighted by molar-refractivity contribution is -0.129. The van der Waals surface area contributed by atoms with Gasteiger partial charge in [0.1, 0.15) is 0 Å². The van der Waals surface area contributed by atoms with Crippen LogP contribution < -0.4 is 0 Å². The zero-order valence-electron chi connectivity index (χ0n) is 11.6. The molecule has 0 radical (unpaired) electrons. The van der Waals surface area contributed by atoms with Gasteiger partial charge in [0.15, 0.2) is 11.5 Å². The van der Waals surface area contributed by atoms with Crippen LogP contribution in [0.2, 0.25) is 0 Å². The van der Waals surface area contributed by atoms with Gasteiger partial charge in [-0.05, 0) is 18.3 Å². The van der Waals surface area contributed by atoms with Gasteiger partial charge in [-0.1, -0.05) is 45.1 Å². The lowest BCUT2D eigenvalue weighted by Crippen LogP contribution is -2.37. The molecule has 1 N–H and O–H groups in total. The molecule has 2 aliphatic carbocycles. The molecular formula is C16H20O3. The Hall–Kier alpha value is -1.64. The summed E-state index contributed by atoms with van der Waals surface area (Å²) in [6.07, 6.45) is 7.47. The molecule has 2 aliphatic rings. The highest BCUT2D eigenvalue weighted by atomic mass is 16.3. The molecule has 0 spiro atoms. The van der Waals surface area contributed by atoms with Gasteiger partial charge in [0.05, 0.1) is 11.8 Å². The number of Topliss-reactive ketones (excluding diaryl/α,β-unsaturated/α-hetero) is 2. The number of hydrogen-bond donors (Lipinski definition) is 1. The minimum Gasteiger partial charge on any atom is -0.504 e. The fraction of sp³-hybridized carbons (Fsp3) is 0.500. The van der Waals surface area contributed by atoms with E-state index < -0.39 is 11.8 Å². The van der Waals surface area contributed by atoms with Crippen LogP contribution in [0.1, 0.15) is 27.2 Å². The zero-order chi connectivity index (χ0) is 14.2. The van der Waals surface area contributed by atoms with Crippen molar-refractivity contribution >= 4 is 11.6 Å². The predicted octanol–water partition coefficient (Wildman–Crippen LogP) is 2.99. The molecular weight excluding hydrogens is 240 g/mol. The Morgan fingerprint density at radius 2 is 1.58 bits per heavy atom. The zero-order valence-corrected chi connectivity index (χ0v) is 11.6. The molecule has 0 heterocycles. The average Bonchev–Trinajstić information content (AvgIpc) is 2.40. The highest BCUT2D eigenvalue weighted by Gasteiger charge is 2.41. The summed E-state index contributed by atoms with van der Waals surface area (Å²) in [7, 11) is 0. The van der Waals surface area contributed by atoms with E-state index in [0.29, 0.717) is 17.9 Å². The summed E-state index contributed by atoms with van der Waals surface area (Å²) in [4.78, 5) is 24.5. The molecule has 0 aromatic carbocycles. The number of carbonyl (C=O) groups is 2. The van der Waals surface area contributed by atoms with Gasteiger partial charge in [-0.2, -0.15) is 0 Å². The molecule has 102 valence electrons. The van der Waals surface area contributed by atoms with Crippen LogP contribution in [0.15, 0.2) is 35.6 Å². The average molecular weight is 260 g/mol. The number of allylic oxidation sites excluding steroid dienone is 6. The minimum atomic E-state index is -0.518. The first kappa shape index (κ1) is 13.8. The van der Waals surface area contributed by atoms with Crippen LogP contribution in [0.4, 0.5) is 0 Å². The molecule has 2 rings (SSSR count). The van der Waals surface area contributed by atoms with Crippen molar-refractivity contribution in [2.75, 3.05) is 0 Å². The largest absolute Gasteiger partial charge is 0.504 e. The Bertz CT molecular complexity index is 494. The number of rotatable bonds is 3. The third-order valence-electron chi connectivity index (χ3n) is 4.22. The summed E-state index contributed by atoms with van der Waals surface area (Å²) in [6.45, 7) is 6.18. The van der Waals surface area contributed by atoms with Gasteiger partial charge in [-0.15, -0.1) is 0 Å². The van der Waals surface area contributed by atoms with E-state index in [-0.39, 0.29) is 23.2 Å². The quantitative estimate of drug-likeness (QED) is 0.848. The summed E-state index contributed by atoms with van der Waals surface area (Å²) < 4.78 is 0. The Balaban J connectivity index is 2.34. The molecule has 3 nitrogen and oxygen atoms in total. The summed E-state index contributed by atoms with van der Waals surface area (Å²) in [5.41, 5.74) is 0.312. The highest BCUT2D eigenvalue weighted by molar-refractivity contribution is 6.14. The Kier molecular flexibility index (Phi) is 3.74. The normalized spacial score (nSPS) is 28.0. The third-order valence-corrected chi connectivity index (χ3v) is 4.22. The van der Waals surface area contributed by atoms with E-state index in [2.05, 4.69) is 13.8 Å². The molecule has 0 amide bonds. The number of aliphatic hydroxyl groups is 1. The lowest BCUT2D eigenvalue weighted by atomic mass is 9.72. The molecule has 0 saturated carbocycles. The highest BCUT2D eigenvalue weighted by Crippen LogP contribution is 2.35. The van der Waals surface area contributed by atoms with E-state index >= 15 is 0 Å². The van der Waals surface area contributed by atoms with Gasteiger partial charge in [0.25, 0.3) is 0 Å². The number of aliphatic hydroxyl groups excluding tert-OH is 1. The predicted molar refractivity (Wildman–Crippen MR) is 73.5 cm³/mol. The smallest absolute Gasteiger partial charge is 0.205 e. The SMILES string of the molecule is CC(C)C(C)CC1=C(O)C(=O)C2C=CC=CC2C1=O. The Morgan fingerprint density at radius 1 is 1.05 bits per heavy atom. The summed E-state index contributed by atoms with van der Waals surface area (Å²) >= 11 is 0. The molecule has 19 heavy (non-hydrogen) atoms. The van der Waals surface area contributed by atoms with E-state index in [4.69, 9.17) is 0 Å². The van der Waals surface area contributed by atoms with Crippen molar-refractivity contribution in [3.63, 3.8) is 0 Å². The number of hydrogen-bond acceptors (Lipinski definition) is 3. The fourth-order valence-electron chi connectivity index (χ4n) is 2.49. The maximum Gasteiger partial charge on any atom is 0.205 e. The van der Waals surface area contributed by atoms with Crippen LogP contribution in [-0.4, -0.2) is 16.7 Å². The molecule has 0 aromatic rings. The van der Waals surface area contributed by atoms with Crippen molar-refractivity contribution in [1.29, 1.82) is 0 Å². The second kappa shape index (κ2) is 5.16. The maximum atomic E-state index is 12.4. The number of fused-ring (bicyclic) bond motifs is 1. The van der Waals surface area contributed by atoms with E-state index in [9.17, 15) is 14.7 Å². The summed E-state index contributed by atoms with van der Waals surface area (Å²) in [5, 5.41) is 10.0. The first-order valence-electron chi connectivity index (χ1n) is 6.79. The Morgan fingerprint density at radius 3 is 2.11 bits per heavy atom. The molecule has 3 atom stereocenters. The van der Waals surface area contributed by atoms with Crippen LogP contribution >= 0.6 is 0 Å². The van der Waals surface area contributed by atoms with Crippen LogP contribution in [0.5, 0.6) is 0 Å². The van der Waals surface area contributed by atoms with E-state index in [1.54, 1.807) is 24.3 Å². The molecule has 0 fully saturated rings. The monoisotopic (exact) mass is 260 g/mol. The van der Waals surface area contributed by atoms with Crippen LogP contribution in [0.3, 0.4) is 0 Å². The van der Waals surface area contributed by atoms with Crippen LogP contribution in [-0.2, 0) is 9.59 Å². The Labute approximate surface area is 113 Å². The second-order valence-electron chi connectivity index (χ2n) is 5.80. The molecule has 3 unspecified atom stereocenters. The van der Waals surface area contributed by atoms with Gasteiger partial charge in [0.2, 0.25) is 5.78 Å². The van der Waals surface area contributed by atoms with Crippen LogP contribution in [0.25, 0.3) is 0 Å². The van der Waals surface area contributed by atoms with Crippen molar-refractivity contribution in [1.82, 2.24) is 0 Å². The first-order chi connectivity index (χ1) is 8.93. The minimum absolute atomic E-state index is 0.102. The van der Waals surface area contributed by atoms with E-state index in [1.165, 1.54) is 0 Å². The van der Waals surface area contributed by atoms with Gasteiger partial charge in [-0.3, -0.25) is 9.59 Å². The molecule has 0 aliphatic heterocycles. The van der Waals surface area contributed by atoms with Gasteiger partial charge >= 0.3 is 0 Å². The van der Waals surface area contributed by atoms with E-state index in [0.717, 1.165) is 0 Å². The topological polar surface area (TPSA) is 54.4 Å². The van der Waals surface area contributed by atoms with Crippen molar-refractivity contribution in [3.05, 3.63) is 35.6 Å². The summed E-state index contributed by atoms with van der Waals surface area (Å²) in [5.74, 6) is -1.03. The lowest BCUT2D eigenvalue weighted by Gasteiger charge is -2.29. The van der Waals surface area contributed by atoms with Gasteiger partial charge < -0.3 is 5.11 Å². The van der Waals surface area contributed by atoms with Gasteiger partial charge in [-0.25, -0.2) is 0 Å². The van der Waals surface area contributed by atoms with Crippen LogP contribution in [0, 0.1) is 23.7 Å². The second-order valence-corrected chi connectivity index (χ2v) is 5.80. The number of ketones is 2. The number of carbonyl (C=O) groups excluding carboxylic acids is 2. The van der Waals surface area contributed by atoms with Gasteiger partial charge in [0, 0.05) is 5.57 Å². The third kappa shape index (κ3) is 2.42. The summed E-state index contributed by atoms with van der Waals surface area (Å²) in [6, 6.07) is 0. The first-order valence-corrected chi connectivity index (χ1v) is 6.79. The van der Waals surface area contributed by atoms with E-state index in [1.807, 2.05) is 6.92 Å². The fourth-order valence-corrected chi connectivity index (χ4v) is 2.49. The van der Waals surface area contributed by atoms with Crippen molar-refractivity contribution in [2.24, 2.45) is 23.7 Å². The molecule has 0 aromatic heterocycles. The van der Waals surface area contributed by atoms with Crippen molar-refractivity contribution < 1.29 is 14.7 Å².